The third-order valence-corrected chi connectivity index (χ3v) is 2.88. The molecule has 2 aromatic rings. The number of alkyl halides is 3. The lowest BCUT2D eigenvalue weighted by Crippen LogP contribution is -2.20. The number of nitrogens with one attached hydrogen (secondary N) is 1. The van der Waals surface area contributed by atoms with Crippen LogP contribution in [-0.2, 0) is 4.79 Å². The van der Waals surface area contributed by atoms with Gasteiger partial charge in [-0.1, -0.05) is 12.1 Å². The number of anilines is 1. The molecule has 2 rings (SSSR count). The summed E-state index contributed by atoms with van der Waals surface area (Å²) < 4.78 is 50.8. The van der Waals surface area contributed by atoms with Crippen LogP contribution >= 0.6 is 0 Å². The van der Waals surface area contributed by atoms with Gasteiger partial charge >= 0.3 is 6.36 Å². The van der Waals surface area contributed by atoms with Crippen molar-refractivity contribution in [3.05, 3.63) is 48.5 Å². The van der Waals surface area contributed by atoms with Gasteiger partial charge < -0.3 is 19.5 Å². The Hall–Kier alpha value is -2.90. The summed E-state index contributed by atoms with van der Waals surface area (Å²) in [7, 11) is 0. The van der Waals surface area contributed by atoms with E-state index in [4.69, 9.17) is 9.47 Å². The van der Waals surface area contributed by atoms with E-state index in [1.807, 2.05) is 6.92 Å². The highest BCUT2D eigenvalue weighted by molar-refractivity contribution is 5.91. The maximum atomic E-state index is 12.1. The lowest BCUT2D eigenvalue weighted by molar-refractivity contribution is -0.274. The van der Waals surface area contributed by atoms with Gasteiger partial charge in [-0.15, -0.1) is 13.2 Å². The summed E-state index contributed by atoms with van der Waals surface area (Å²) in [5, 5.41) is 2.51. The summed E-state index contributed by atoms with van der Waals surface area (Å²) in [5.41, 5.74) is 0.321. The number of halogens is 3. The van der Waals surface area contributed by atoms with E-state index in [9.17, 15) is 18.0 Å². The molecule has 8 heteroatoms. The number of carbonyl (C=O) groups excluding carboxylic acids is 1. The highest BCUT2D eigenvalue weighted by Gasteiger charge is 2.30. The van der Waals surface area contributed by atoms with Crippen molar-refractivity contribution >= 4 is 11.6 Å². The Balaban J connectivity index is 1.88. The molecule has 134 valence electrons. The van der Waals surface area contributed by atoms with E-state index in [1.165, 1.54) is 12.1 Å². The van der Waals surface area contributed by atoms with Gasteiger partial charge in [0, 0.05) is 5.69 Å². The average Bonchev–Trinajstić information content (AvgIpc) is 2.55. The molecular weight excluding hydrogens is 339 g/mol. The minimum atomic E-state index is -4.76. The predicted molar refractivity (Wildman–Crippen MR) is 84.9 cm³/mol. The Morgan fingerprint density at radius 2 is 1.60 bits per heavy atom. The lowest BCUT2D eigenvalue weighted by atomic mass is 10.3. The van der Waals surface area contributed by atoms with Crippen molar-refractivity contribution in [2.75, 3.05) is 18.5 Å². The molecule has 5 nitrogen and oxygen atoms in total. The standard InChI is InChI=1S/C17H16F3NO4/c1-2-23-14-5-3-4-6-15(14)24-11-16(22)21-12-7-9-13(10-8-12)25-17(18,19)20/h3-10H,2,11H2,1H3,(H,21,22). The van der Waals surface area contributed by atoms with Crippen LogP contribution in [0, 0.1) is 0 Å². The molecule has 0 aliphatic rings. The van der Waals surface area contributed by atoms with E-state index in [0.717, 1.165) is 12.1 Å². The van der Waals surface area contributed by atoms with Crippen molar-refractivity contribution in [1.29, 1.82) is 0 Å². The fourth-order valence-corrected chi connectivity index (χ4v) is 1.92. The van der Waals surface area contributed by atoms with E-state index >= 15 is 0 Å². The molecule has 0 aliphatic carbocycles. The number of para-hydroxylation sites is 2. The van der Waals surface area contributed by atoms with Crippen molar-refractivity contribution in [3.63, 3.8) is 0 Å². The summed E-state index contributed by atoms with van der Waals surface area (Å²) in [6, 6.07) is 11.7. The van der Waals surface area contributed by atoms with Gasteiger partial charge in [0.05, 0.1) is 6.61 Å². The van der Waals surface area contributed by atoms with Crippen LogP contribution in [0.3, 0.4) is 0 Å². The van der Waals surface area contributed by atoms with Gasteiger partial charge in [0.25, 0.3) is 5.91 Å². The maximum Gasteiger partial charge on any atom is 0.573 e. The molecule has 25 heavy (non-hydrogen) atoms. The SMILES string of the molecule is CCOc1ccccc1OCC(=O)Nc1ccc(OC(F)(F)F)cc1. The maximum absolute atomic E-state index is 12.1. The van der Waals surface area contributed by atoms with Crippen molar-refractivity contribution in [2.45, 2.75) is 13.3 Å². The third-order valence-electron chi connectivity index (χ3n) is 2.88. The van der Waals surface area contributed by atoms with E-state index in [1.54, 1.807) is 24.3 Å². The van der Waals surface area contributed by atoms with Crippen molar-refractivity contribution in [1.82, 2.24) is 0 Å². The summed E-state index contributed by atoms with van der Waals surface area (Å²) in [4.78, 5) is 11.9. The molecular formula is C17H16F3NO4. The summed E-state index contributed by atoms with van der Waals surface area (Å²) in [6.45, 7) is 2.01. The molecule has 0 aromatic heterocycles. The first-order chi connectivity index (χ1) is 11.9. The molecule has 0 spiro atoms. The first-order valence-corrected chi connectivity index (χ1v) is 7.37. The molecule has 0 fully saturated rings. The minimum Gasteiger partial charge on any atom is -0.490 e. The first kappa shape index (κ1) is 18.4. The monoisotopic (exact) mass is 355 g/mol. The third kappa shape index (κ3) is 6.25. The molecule has 0 bridgehead atoms. The Morgan fingerprint density at radius 1 is 1.00 bits per heavy atom. The lowest BCUT2D eigenvalue weighted by Gasteiger charge is -2.12. The number of carbonyl (C=O) groups is 1. The zero-order valence-electron chi connectivity index (χ0n) is 13.3. The van der Waals surface area contributed by atoms with Crippen LogP contribution in [0.4, 0.5) is 18.9 Å². The molecule has 0 heterocycles. The molecule has 0 atom stereocenters. The molecule has 2 aromatic carbocycles. The smallest absolute Gasteiger partial charge is 0.490 e. The molecule has 0 unspecified atom stereocenters. The van der Waals surface area contributed by atoms with Crippen LogP contribution in [0.15, 0.2) is 48.5 Å². The second-order valence-electron chi connectivity index (χ2n) is 4.79. The zero-order chi connectivity index (χ0) is 18.3. The van der Waals surface area contributed by atoms with Gasteiger partial charge in [-0.2, -0.15) is 0 Å². The van der Waals surface area contributed by atoms with Gasteiger partial charge in [-0.25, -0.2) is 0 Å². The Morgan fingerprint density at radius 3 is 2.16 bits per heavy atom. The second kappa shape index (κ2) is 8.27. The number of benzene rings is 2. The van der Waals surface area contributed by atoms with E-state index in [0.29, 0.717) is 23.8 Å². The topological polar surface area (TPSA) is 56.8 Å². The predicted octanol–water partition coefficient (Wildman–Crippen LogP) is 4.00. The van der Waals surface area contributed by atoms with Crippen LogP contribution in [0.2, 0.25) is 0 Å². The Kier molecular flexibility index (Phi) is 6.10. The van der Waals surface area contributed by atoms with Crippen LogP contribution in [0.5, 0.6) is 17.2 Å². The van der Waals surface area contributed by atoms with Gasteiger partial charge in [-0.05, 0) is 43.3 Å². The average molecular weight is 355 g/mol. The zero-order valence-corrected chi connectivity index (χ0v) is 13.3. The van der Waals surface area contributed by atoms with Crippen molar-refractivity contribution in [3.8, 4) is 17.2 Å². The number of hydrogen-bond donors (Lipinski definition) is 1. The van der Waals surface area contributed by atoms with E-state index in [2.05, 4.69) is 10.1 Å². The number of ether oxygens (including phenoxy) is 3. The quantitative estimate of drug-likeness (QED) is 0.816. The van der Waals surface area contributed by atoms with E-state index < -0.39 is 12.3 Å². The van der Waals surface area contributed by atoms with Gasteiger partial charge in [0.2, 0.25) is 0 Å². The van der Waals surface area contributed by atoms with Crippen molar-refractivity contribution in [2.24, 2.45) is 0 Å². The number of rotatable bonds is 7. The fourth-order valence-electron chi connectivity index (χ4n) is 1.92. The van der Waals surface area contributed by atoms with Crippen LogP contribution in [0.1, 0.15) is 6.92 Å². The highest BCUT2D eigenvalue weighted by atomic mass is 19.4. The van der Waals surface area contributed by atoms with Crippen LogP contribution in [0.25, 0.3) is 0 Å². The highest BCUT2D eigenvalue weighted by Crippen LogP contribution is 2.26. The molecule has 0 saturated heterocycles. The van der Waals surface area contributed by atoms with Crippen LogP contribution < -0.4 is 19.5 Å². The molecule has 1 N–H and O–H groups in total. The first-order valence-electron chi connectivity index (χ1n) is 7.37. The summed E-state index contributed by atoms with van der Waals surface area (Å²) in [6.07, 6.45) is -4.76. The Labute approximate surface area is 142 Å². The second-order valence-corrected chi connectivity index (χ2v) is 4.79. The minimum absolute atomic E-state index is 0.273. The summed E-state index contributed by atoms with van der Waals surface area (Å²) >= 11 is 0. The summed E-state index contributed by atoms with van der Waals surface area (Å²) in [5.74, 6) is 0.114. The van der Waals surface area contributed by atoms with Crippen molar-refractivity contribution < 1.29 is 32.2 Å². The largest absolute Gasteiger partial charge is 0.573 e. The number of hydrogen-bond acceptors (Lipinski definition) is 4. The molecule has 1 amide bonds. The van der Waals surface area contributed by atoms with Gasteiger partial charge in [0.1, 0.15) is 5.75 Å². The molecule has 0 aliphatic heterocycles. The molecule has 0 radical (unpaired) electrons. The normalized spacial score (nSPS) is 10.9. The van der Waals surface area contributed by atoms with E-state index in [-0.39, 0.29) is 12.4 Å². The van der Waals surface area contributed by atoms with Crippen LogP contribution in [-0.4, -0.2) is 25.5 Å². The van der Waals surface area contributed by atoms with Gasteiger partial charge in [0.15, 0.2) is 18.1 Å². The van der Waals surface area contributed by atoms with Gasteiger partial charge in [-0.3, -0.25) is 4.79 Å². The number of amides is 1. The fraction of sp³-hybridized carbons (Fsp3) is 0.235. The molecule has 0 saturated carbocycles. The Bertz CT molecular complexity index is 702.